The number of halogens is 4. The van der Waals surface area contributed by atoms with Crippen LogP contribution in [0, 0.1) is 5.92 Å². The third-order valence-electron chi connectivity index (χ3n) is 5.45. The van der Waals surface area contributed by atoms with Gasteiger partial charge in [0.1, 0.15) is 10.0 Å². The monoisotopic (exact) mass is 528 g/mol. The molecule has 10 heteroatoms. The molecule has 0 saturated heterocycles. The lowest BCUT2D eigenvalue weighted by molar-refractivity contribution is -0.377. The number of hydrogen-bond acceptors (Lipinski definition) is 5. The first-order valence-electron chi connectivity index (χ1n) is 10.7. The van der Waals surface area contributed by atoms with E-state index < -0.39 is 12.6 Å². The lowest BCUT2D eigenvalue weighted by Crippen LogP contribution is -2.16. The molecule has 180 valence electrons. The largest absolute Gasteiger partial charge is 0.489 e. The highest BCUT2D eigenvalue weighted by Crippen LogP contribution is 2.37. The highest BCUT2D eigenvalue weighted by atomic mass is 35.5. The van der Waals surface area contributed by atoms with Crippen LogP contribution in [-0.4, -0.2) is 25.8 Å². The van der Waals surface area contributed by atoms with Crippen molar-refractivity contribution in [3.05, 3.63) is 74.2 Å². The molecule has 1 saturated carbocycles. The minimum atomic E-state index is -2.98. The molecule has 2 heterocycles. The fraction of sp³-hybridized carbons (Fsp3) is 0.333. The van der Waals surface area contributed by atoms with Crippen molar-refractivity contribution in [1.82, 2.24) is 0 Å². The standard InChI is InChI=1S/C24H21Cl2F2NO4S/c25-19-9-29-10-20(26)18(19)7-17(12-32-23(30)16-5-6-34-13-16)15-3-4-21(33-24(27)28)22(8-15)31-11-14-1-2-14/h3-6,8-10,13-14,17,24H,1-2,7,11-12H2/p+1. The first-order valence-corrected chi connectivity index (χ1v) is 12.4. The normalized spacial score (nSPS) is 14.1. The Bertz CT molecular complexity index is 1110. The summed E-state index contributed by atoms with van der Waals surface area (Å²) in [6.07, 6.45) is 5.67. The molecule has 4 rings (SSSR count). The average molecular weight is 529 g/mol. The van der Waals surface area contributed by atoms with Crippen LogP contribution in [-0.2, 0) is 11.2 Å². The Kier molecular flexibility index (Phi) is 8.24. The molecule has 1 aromatic carbocycles. The molecule has 34 heavy (non-hydrogen) atoms. The number of H-pyrrole nitrogens is 1. The molecule has 0 radical (unpaired) electrons. The van der Waals surface area contributed by atoms with Gasteiger partial charge in [0.2, 0.25) is 0 Å². The van der Waals surface area contributed by atoms with Crippen LogP contribution in [0.5, 0.6) is 11.5 Å². The summed E-state index contributed by atoms with van der Waals surface area (Å²) < 4.78 is 41.9. The van der Waals surface area contributed by atoms with Crippen molar-refractivity contribution in [2.45, 2.75) is 31.8 Å². The van der Waals surface area contributed by atoms with Gasteiger partial charge in [0.25, 0.3) is 0 Å². The average Bonchev–Trinajstić information content (AvgIpc) is 3.47. The molecule has 1 unspecified atom stereocenters. The minimum Gasteiger partial charge on any atom is -0.489 e. The summed E-state index contributed by atoms with van der Waals surface area (Å²) in [5.41, 5.74) is 1.85. The van der Waals surface area contributed by atoms with E-state index in [4.69, 9.17) is 32.7 Å². The van der Waals surface area contributed by atoms with Crippen LogP contribution in [0.25, 0.3) is 0 Å². The number of aromatic amines is 1. The van der Waals surface area contributed by atoms with E-state index >= 15 is 0 Å². The minimum absolute atomic E-state index is 0.0249. The van der Waals surface area contributed by atoms with Gasteiger partial charge in [-0.2, -0.15) is 20.1 Å². The van der Waals surface area contributed by atoms with Crippen LogP contribution in [0.3, 0.4) is 0 Å². The first-order chi connectivity index (χ1) is 16.4. The summed E-state index contributed by atoms with van der Waals surface area (Å²) in [7, 11) is 0. The summed E-state index contributed by atoms with van der Waals surface area (Å²) in [6, 6.07) is 6.43. The van der Waals surface area contributed by atoms with Gasteiger partial charge in [-0.25, -0.2) is 9.78 Å². The molecule has 2 aromatic heterocycles. The van der Waals surface area contributed by atoms with Crippen LogP contribution in [0.4, 0.5) is 8.78 Å². The fourth-order valence-electron chi connectivity index (χ4n) is 3.41. The Morgan fingerprint density at radius 1 is 1.15 bits per heavy atom. The van der Waals surface area contributed by atoms with Crippen LogP contribution in [0.15, 0.2) is 47.4 Å². The fourth-order valence-corrected chi connectivity index (χ4v) is 4.57. The zero-order chi connectivity index (χ0) is 24.1. The molecule has 1 atom stereocenters. The van der Waals surface area contributed by atoms with Crippen molar-refractivity contribution < 1.29 is 32.8 Å². The number of alkyl halides is 2. The van der Waals surface area contributed by atoms with Gasteiger partial charge in [-0.3, -0.25) is 0 Å². The second-order valence-electron chi connectivity index (χ2n) is 7.98. The predicted octanol–water partition coefficient (Wildman–Crippen LogP) is 6.44. The van der Waals surface area contributed by atoms with Gasteiger partial charge in [0, 0.05) is 16.9 Å². The Morgan fingerprint density at radius 3 is 2.56 bits per heavy atom. The van der Waals surface area contributed by atoms with E-state index in [1.807, 2.05) is 0 Å². The van der Waals surface area contributed by atoms with Crippen molar-refractivity contribution in [3.63, 3.8) is 0 Å². The predicted molar refractivity (Wildman–Crippen MR) is 125 cm³/mol. The van der Waals surface area contributed by atoms with Gasteiger partial charge in [-0.1, -0.05) is 29.3 Å². The number of nitrogens with one attached hydrogen (secondary N) is 1. The van der Waals surface area contributed by atoms with Gasteiger partial charge in [0.15, 0.2) is 23.9 Å². The van der Waals surface area contributed by atoms with Gasteiger partial charge < -0.3 is 14.2 Å². The number of hydrogen-bond donors (Lipinski definition) is 0. The molecular weight excluding hydrogens is 507 g/mol. The van der Waals surface area contributed by atoms with E-state index in [2.05, 4.69) is 9.72 Å². The van der Waals surface area contributed by atoms with Crippen LogP contribution >= 0.6 is 34.5 Å². The van der Waals surface area contributed by atoms with E-state index in [9.17, 15) is 13.6 Å². The SMILES string of the molecule is O=C(OCC(Cc1c(Cl)c[nH+]cc1Cl)c1ccc(OC(F)F)c(OCC2CC2)c1)c1ccsc1. The molecule has 1 N–H and O–H groups in total. The van der Waals surface area contributed by atoms with Crippen molar-refractivity contribution in [2.24, 2.45) is 5.92 Å². The van der Waals surface area contributed by atoms with Gasteiger partial charge in [-0.05, 0) is 54.3 Å². The number of carbonyl (C=O) groups is 1. The lowest BCUT2D eigenvalue weighted by atomic mass is 9.92. The summed E-state index contributed by atoms with van der Waals surface area (Å²) >= 11 is 14.1. The van der Waals surface area contributed by atoms with Gasteiger partial charge in [0.05, 0.1) is 18.8 Å². The molecule has 1 aliphatic carbocycles. The zero-order valence-electron chi connectivity index (χ0n) is 17.9. The second-order valence-corrected chi connectivity index (χ2v) is 9.57. The number of carbonyl (C=O) groups excluding carboxylic acids is 1. The molecule has 3 aromatic rings. The van der Waals surface area contributed by atoms with Gasteiger partial charge >= 0.3 is 12.6 Å². The Labute approximate surface area is 209 Å². The highest BCUT2D eigenvalue weighted by molar-refractivity contribution is 7.08. The van der Waals surface area contributed by atoms with Crippen molar-refractivity contribution in [2.75, 3.05) is 13.2 Å². The maximum absolute atomic E-state index is 12.9. The van der Waals surface area contributed by atoms with E-state index in [-0.39, 0.29) is 24.0 Å². The van der Waals surface area contributed by atoms with Crippen LogP contribution in [0.2, 0.25) is 10.0 Å². The second kappa shape index (κ2) is 11.3. The molecule has 0 bridgehead atoms. The summed E-state index contributed by atoms with van der Waals surface area (Å²) in [5, 5.41) is 4.37. The lowest BCUT2D eigenvalue weighted by Gasteiger charge is -2.20. The number of aromatic nitrogens is 1. The number of rotatable bonds is 11. The Hall–Kier alpha value is -2.42. The molecular formula is C24H22Cl2F2NO4S+. The zero-order valence-corrected chi connectivity index (χ0v) is 20.3. The summed E-state index contributed by atoms with van der Waals surface area (Å²) in [5.74, 6) is -0.226. The molecule has 5 nitrogen and oxygen atoms in total. The Morgan fingerprint density at radius 2 is 1.91 bits per heavy atom. The van der Waals surface area contributed by atoms with E-state index in [1.54, 1.807) is 41.4 Å². The number of esters is 1. The third kappa shape index (κ3) is 6.58. The maximum Gasteiger partial charge on any atom is 0.387 e. The van der Waals surface area contributed by atoms with Crippen molar-refractivity contribution >= 4 is 40.5 Å². The molecule has 0 amide bonds. The van der Waals surface area contributed by atoms with Crippen molar-refractivity contribution in [1.29, 1.82) is 0 Å². The Balaban J connectivity index is 1.61. The maximum atomic E-state index is 12.9. The quantitative estimate of drug-likeness (QED) is 0.268. The summed E-state index contributed by atoms with van der Waals surface area (Å²) in [6.45, 7) is -2.53. The number of thiophene rings is 1. The molecule has 0 aliphatic heterocycles. The highest BCUT2D eigenvalue weighted by Gasteiger charge is 2.25. The first kappa shape index (κ1) is 24.7. The molecule has 0 spiro atoms. The number of benzene rings is 1. The van der Waals surface area contributed by atoms with Crippen molar-refractivity contribution in [3.8, 4) is 11.5 Å². The smallest absolute Gasteiger partial charge is 0.387 e. The topological polar surface area (TPSA) is 58.9 Å². The molecule has 1 aliphatic rings. The third-order valence-corrected chi connectivity index (χ3v) is 6.80. The van der Waals surface area contributed by atoms with E-state index in [0.717, 1.165) is 12.8 Å². The number of ether oxygens (including phenoxy) is 3. The van der Waals surface area contributed by atoms with E-state index in [0.29, 0.717) is 45.7 Å². The molecule has 1 fully saturated rings. The summed E-state index contributed by atoms with van der Waals surface area (Å²) in [4.78, 5) is 15.3. The van der Waals surface area contributed by atoms with Gasteiger partial charge in [-0.15, -0.1) is 0 Å². The van der Waals surface area contributed by atoms with Crippen LogP contribution < -0.4 is 14.5 Å². The number of pyridine rings is 1. The van der Waals surface area contributed by atoms with Crippen LogP contribution in [0.1, 0.15) is 40.2 Å². The van der Waals surface area contributed by atoms with E-state index in [1.165, 1.54) is 17.4 Å².